The van der Waals surface area contributed by atoms with Crippen molar-refractivity contribution in [2.75, 3.05) is 19.6 Å². The van der Waals surface area contributed by atoms with E-state index in [0.29, 0.717) is 11.8 Å². The summed E-state index contributed by atoms with van der Waals surface area (Å²) in [6.45, 7) is 8.34. The van der Waals surface area contributed by atoms with E-state index < -0.39 is 0 Å². The number of benzene rings is 1. The average Bonchev–Trinajstić information content (AvgIpc) is 3.19. The number of likely N-dealkylation sites (tertiary alicyclic amines) is 2. The summed E-state index contributed by atoms with van der Waals surface area (Å²) in [6, 6.07) is 12.5. The summed E-state index contributed by atoms with van der Waals surface area (Å²) < 4.78 is 5.67. The zero-order valence-electron chi connectivity index (χ0n) is 14.4. The lowest BCUT2D eigenvalue weighted by atomic mass is 10.0. The normalized spacial score (nSPS) is 23.9. The Morgan fingerprint density at radius 2 is 1.96 bits per heavy atom. The van der Waals surface area contributed by atoms with E-state index in [0.717, 1.165) is 44.2 Å². The van der Waals surface area contributed by atoms with Crippen molar-refractivity contribution in [3.05, 3.63) is 59.0 Å². The zero-order valence-corrected chi connectivity index (χ0v) is 14.4. The Balaban J connectivity index is 1.37. The quantitative estimate of drug-likeness (QED) is 0.867. The van der Waals surface area contributed by atoms with Crippen molar-refractivity contribution in [3.8, 4) is 0 Å². The minimum atomic E-state index is 0.158. The van der Waals surface area contributed by atoms with Crippen molar-refractivity contribution in [1.82, 2.24) is 9.80 Å². The molecule has 2 aliphatic rings. The smallest absolute Gasteiger partial charge is 0.227 e. The van der Waals surface area contributed by atoms with Gasteiger partial charge in [0.05, 0.1) is 12.5 Å². The molecule has 0 unspecified atom stereocenters. The SMILES string of the molecule is Cc1cccc(CN2C[C@@H]3CN(Cc4ccc(C)o4)C[C@@H]3C2=O)c1. The molecule has 0 aliphatic carbocycles. The standard InChI is InChI=1S/C20H24N2O2/c1-14-4-3-5-16(8-14)9-22-11-17-10-21(13-19(17)20(22)23)12-18-7-6-15(2)24-18/h3-8,17,19H,9-13H2,1-2H3/t17-,19-/m0/s1. The van der Waals surface area contributed by atoms with Crippen LogP contribution in [0.5, 0.6) is 0 Å². The van der Waals surface area contributed by atoms with Gasteiger partial charge in [0.1, 0.15) is 11.5 Å². The Morgan fingerprint density at radius 1 is 1.08 bits per heavy atom. The van der Waals surface area contributed by atoms with Crippen molar-refractivity contribution in [2.24, 2.45) is 11.8 Å². The first-order valence-electron chi connectivity index (χ1n) is 8.70. The van der Waals surface area contributed by atoms with Gasteiger partial charge in [-0.1, -0.05) is 29.8 Å². The van der Waals surface area contributed by atoms with E-state index in [9.17, 15) is 4.79 Å². The van der Waals surface area contributed by atoms with Gasteiger partial charge in [0.25, 0.3) is 0 Å². The maximum atomic E-state index is 12.8. The van der Waals surface area contributed by atoms with E-state index in [-0.39, 0.29) is 5.92 Å². The van der Waals surface area contributed by atoms with Crippen LogP contribution >= 0.6 is 0 Å². The molecule has 2 aliphatic heterocycles. The van der Waals surface area contributed by atoms with Gasteiger partial charge >= 0.3 is 0 Å². The molecule has 4 nitrogen and oxygen atoms in total. The molecule has 4 heteroatoms. The van der Waals surface area contributed by atoms with Crippen LogP contribution in [-0.2, 0) is 17.9 Å². The third-order valence-electron chi connectivity index (χ3n) is 5.23. The number of nitrogens with zero attached hydrogens (tertiary/aromatic N) is 2. The number of rotatable bonds is 4. The van der Waals surface area contributed by atoms with Crippen LogP contribution in [0, 0.1) is 25.7 Å². The van der Waals surface area contributed by atoms with Crippen molar-refractivity contribution in [3.63, 3.8) is 0 Å². The molecule has 2 saturated heterocycles. The fourth-order valence-electron chi connectivity index (χ4n) is 4.13. The van der Waals surface area contributed by atoms with Crippen LogP contribution in [-0.4, -0.2) is 35.3 Å². The molecule has 0 saturated carbocycles. The molecular weight excluding hydrogens is 300 g/mol. The topological polar surface area (TPSA) is 36.7 Å². The molecule has 4 rings (SSSR count). The van der Waals surface area contributed by atoms with Crippen LogP contribution in [0.15, 0.2) is 40.8 Å². The second-order valence-corrected chi connectivity index (χ2v) is 7.28. The van der Waals surface area contributed by atoms with Crippen LogP contribution in [0.3, 0.4) is 0 Å². The highest BCUT2D eigenvalue weighted by molar-refractivity contribution is 5.82. The molecule has 3 heterocycles. The molecule has 2 atom stereocenters. The van der Waals surface area contributed by atoms with Gasteiger partial charge in [-0.05, 0) is 31.5 Å². The van der Waals surface area contributed by atoms with Gasteiger partial charge in [0, 0.05) is 32.1 Å². The highest BCUT2D eigenvalue weighted by Crippen LogP contribution is 2.34. The number of hydrogen-bond donors (Lipinski definition) is 0. The molecule has 1 aromatic carbocycles. The second kappa shape index (κ2) is 6.10. The van der Waals surface area contributed by atoms with E-state index in [1.54, 1.807) is 0 Å². The van der Waals surface area contributed by atoms with Gasteiger partial charge in [-0.2, -0.15) is 0 Å². The maximum absolute atomic E-state index is 12.8. The Bertz CT molecular complexity index is 752. The van der Waals surface area contributed by atoms with Gasteiger partial charge in [-0.15, -0.1) is 0 Å². The first-order chi connectivity index (χ1) is 11.6. The highest BCUT2D eigenvalue weighted by Gasteiger charge is 2.45. The molecule has 2 fully saturated rings. The van der Waals surface area contributed by atoms with Crippen LogP contribution in [0.4, 0.5) is 0 Å². The van der Waals surface area contributed by atoms with E-state index in [2.05, 4.69) is 36.1 Å². The molecule has 126 valence electrons. The number of fused-ring (bicyclic) bond motifs is 1. The minimum Gasteiger partial charge on any atom is -0.465 e. The lowest BCUT2D eigenvalue weighted by Crippen LogP contribution is -2.32. The molecule has 2 aromatic rings. The van der Waals surface area contributed by atoms with Crippen LogP contribution in [0.2, 0.25) is 0 Å². The number of amides is 1. The van der Waals surface area contributed by atoms with Crippen LogP contribution < -0.4 is 0 Å². The molecule has 0 N–H and O–H groups in total. The van der Waals surface area contributed by atoms with Gasteiger partial charge in [-0.3, -0.25) is 9.69 Å². The summed E-state index contributed by atoms with van der Waals surface area (Å²) in [5.41, 5.74) is 2.48. The molecule has 0 radical (unpaired) electrons. The Hall–Kier alpha value is -2.07. The summed E-state index contributed by atoms with van der Waals surface area (Å²) in [6.07, 6.45) is 0. The first-order valence-corrected chi connectivity index (χ1v) is 8.70. The Labute approximate surface area is 143 Å². The third-order valence-corrected chi connectivity index (χ3v) is 5.23. The van der Waals surface area contributed by atoms with E-state index in [4.69, 9.17) is 4.42 Å². The predicted molar refractivity (Wildman–Crippen MR) is 92.3 cm³/mol. The molecule has 24 heavy (non-hydrogen) atoms. The number of furan rings is 1. The number of carbonyl (C=O) groups excluding carboxylic acids is 1. The maximum Gasteiger partial charge on any atom is 0.227 e. The summed E-state index contributed by atoms with van der Waals surface area (Å²) >= 11 is 0. The summed E-state index contributed by atoms with van der Waals surface area (Å²) in [5, 5.41) is 0. The van der Waals surface area contributed by atoms with Crippen molar-refractivity contribution < 1.29 is 9.21 Å². The molecular formula is C20H24N2O2. The second-order valence-electron chi connectivity index (χ2n) is 7.28. The zero-order chi connectivity index (χ0) is 16.7. The van der Waals surface area contributed by atoms with Gasteiger partial charge in [0.2, 0.25) is 5.91 Å². The van der Waals surface area contributed by atoms with Crippen LogP contribution in [0.1, 0.15) is 22.6 Å². The van der Waals surface area contributed by atoms with Gasteiger partial charge < -0.3 is 9.32 Å². The van der Waals surface area contributed by atoms with Crippen molar-refractivity contribution in [1.29, 1.82) is 0 Å². The molecule has 1 amide bonds. The first kappa shape index (κ1) is 15.5. The summed E-state index contributed by atoms with van der Waals surface area (Å²) in [4.78, 5) is 17.2. The third kappa shape index (κ3) is 2.98. The predicted octanol–water partition coefficient (Wildman–Crippen LogP) is 2.99. The Morgan fingerprint density at radius 3 is 2.67 bits per heavy atom. The van der Waals surface area contributed by atoms with Crippen LogP contribution in [0.25, 0.3) is 0 Å². The average molecular weight is 324 g/mol. The van der Waals surface area contributed by atoms with Crippen molar-refractivity contribution >= 4 is 5.91 Å². The largest absolute Gasteiger partial charge is 0.465 e. The summed E-state index contributed by atoms with van der Waals surface area (Å²) in [5.74, 6) is 2.88. The molecule has 0 spiro atoms. The fourth-order valence-corrected chi connectivity index (χ4v) is 4.13. The number of carbonyl (C=O) groups is 1. The van der Waals surface area contributed by atoms with E-state index in [1.807, 2.05) is 24.0 Å². The lowest BCUT2D eigenvalue weighted by molar-refractivity contribution is -0.131. The van der Waals surface area contributed by atoms with E-state index >= 15 is 0 Å². The fraction of sp³-hybridized carbons (Fsp3) is 0.450. The summed E-state index contributed by atoms with van der Waals surface area (Å²) in [7, 11) is 0. The van der Waals surface area contributed by atoms with E-state index in [1.165, 1.54) is 11.1 Å². The highest BCUT2D eigenvalue weighted by atomic mass is 16.3. The molecule has 0 bridgehead atoms. The molecule has 1 aromatic heterocycles. The number of hydrogen-bond acceptors (Lipinski definition) is 3. The monoisotopic (exact) mass is 324 g/mol. The Kier molecular flexibility index (Phi) is 3.93. The number of aryl methyl sites for hydroxylation is 2. The van der Waals surface area contributed by atoms with Gasteiger partial charge in [-0.25, -0.2) is 0 Å². The van der Waals surface area contributed by atoms with Crippen molar-refractivity contribution in [2.45, 2.75) is 26.9 Å². The lowest BCUT2D eigenvalue weighted by Gasteiger charge is -2.21. The minimum absolute atomic E-state index is 0.158. The van der Waals surface area contributed by atoms with Gasteiger partial charge in [0.15, 0.2) is 0 Å².